The van der Waals surface area contributed by atoms with E-state index in [1.807, 2.05) is 36.4 Å². The number of hydrogen-bond acceptors (Lipinski definition) is 3. The topological polar surface area (TPSA) is 59.2 Å². The first-order valence-corrected chi connectivity index (χ1v) is 6.56. The minimum Gasteiger partial charge on any atom is -0.457 e. The third-order valence-corrected chi connectivity index (χ3v) is 3.24. The Labute approximate surface area is 121 Å². The normalized spacial score (nSPS) is 10.5. The fourth-order valence-electron chi connectivity index (χ4n) is 2.22. The number of aromatic amines is 1. The Hall–Kier alpha value is -2.88. The molecule has 0 radical (unpaired) electrons. The van der Waals surface area contributed by atoms with Gasteiger partial charge >= 0.3 is 5.97 Å². The second-order valence-corrected chi connectivity index (χ2v) is 4.67. The summed E-state index contributed by atoms with van der Waals surface area (Å²) in [5, 5.41) is 0.692. The molecule has 2 aromatic carbocycles. The van der Waals surface area contributed by atoms with E-state index >= 15 is 0 Å². The summed E-state index contributed by atoms with van der Waals surface area (Å²) in [6, 6.07) is 16.4. The summed E-state index contributed by atoms with van der Waals surface area (Å²) >= 11 is 0. The lowest BCUT2D eigenvalue weighted by atomic mass is 10.1. The van der Waals surface area contributed by atoms with Gasteiger partial charge in [0.05, 0.1) is 11.3 Å². The first-order valence-electron chi connectivity index (χ1n) is 6.56. The van der Waals surface area contributed by atoms with Gasteiger partial charge in [0, 0.05) is 10.9 Å². The van der Waals surface area contributed by atoms with Crippen LogP contribution in [0.25, 0.3) is 10.9 Å². The summed E-state index contributed by atoms with van der Waals surface area (Å²) in [7, 11) is 0. The number of ether oxygens (including phenoxy) is 1. The fraction of sp³-hybridized carbons (Fsp3) is 0.0588. The molecular formula is C17H13NO3. The Balaban J connectivity index is 1.84. The summed E-state index contributed by atoms with van der Waals surface area (Å²) in [4.78, 5) is 26.0. The van der Waals surface area contributed by atoms with Crippen LogP contribution in [0.15, 0.2) is 54.6 Å². The number of nitrogens with one attached hydrogen (secondary N) is 1. The standard InChI is InChI=1S/C17H13NO3/c19-10-13-9-15-14(7-4-8-16(15)18-13)17(20)21-11-12-5-2-1-3-6-12/h1-10,18H,11H2. The van der Waals surface area contributed by atoms with Crippen molar-refractivity contribution in [3.05, 3.63) is 71.4 Å². The molecule has 0 amide bonds. The number of H-pyrrole nitrogens is 1. The van der Waals surface area contributed by atoms with E-state index in [-0.39, 0.29) is 6.61 Å². The molecule has 0 saturated carbocycles. The van der Waals surface area contributed by atoms with E-state index < -0.39 is 5.97 Å². The molecule has 0 unspecified atom stereocenters. The van der Waals surface area contributed by atoms with Crippen LogP contribution < -0.4 is 0 Å². The molecule has 0 aliphatic carbocycles. The lowest BCUT2D eigenvalue weighted by Crippen LogP contribution is -2.05. The average molecular weight is 279 g/mol. The molecule has 0 aliphatic rings. The van der Waals surface area contributed by atoms with Crippen molar-refractivity contribution in [2.24, 2.45) is 0 Å². The highest BCUT2D eigenvalue weighted by molar-refractivity contribution is 6.05. The number of aromatic nitrogens is 1. The number of aldehydes is 1. The summed E-state index contributed by atoms with van der Waals surface area (Å²) in [5.41, 5.74) is 2.56. The van der Waals surface area contributed by atoms with Gasteiger partial charge < -0.3 is 9.72 Å². The quantitative estimate of drug-likeness (QED) is 0.588. The first-order chi connectivity index (χ1) is 10.3. The van der Waals surface area contributed by atoms with Crippen molar-refractivity contribution in [2.75, 3.05) is 0 Å². The highest BCUT2D eigenvalue weighted by atomic mass is 16.5. The number of hydrogen-bond donors (Lipinski definition) is 1. The van der Waals surface area contributed by atoms with Crippen molar-refractivity contribution >= 4 is 23.2 Å². The maximum Gasteiger partial charge on any atom is 0.339 e. The molecule has 0 aliphatic heterocycles. The maximum absolute atomic E-state index is 12.2. The molecule has 21 heavy (non-hydrogen) atoms. The Kier molecular flexibility index (Phi) is 3.51. The second-order valence-electron chi connectivity index (χ2n) is 4.67. The zero-order valence-electron chi connectivity index (χ0n) is 11.2. The van der Waals surface area contributed by atoms with Crippen molar-refractivity contribution in [3.8, 4) is 0 Å². The molecule has 0 fully saturated rings. The summed E-state index contributed by atoms with van der Waals surface area (Å²) < 4.78 is 5.32. The Morgan fingerprint density at radius 2 is 1.90 bits per heavy atom. The van der Waals surface area contributed by atoms with Crippen molar-refractivity contribution in [3.63, 3.8) is 0 Å². The fourth-order valence-corrected chi connectivity index (χ4v) is 2.22. The monoisotopic (exact) mass is 279 g/mol. The van der Waals surface area contributed by atoms with Crippen LogP contribution in [-0.4, -0.2) is 17.2 Å². The van der Waals surface area contributed by atoms with Gasteiger partial charge in [0.15, 0.2) is 6.29 Å². The van der Waals surface area contributed by atoms with Gasteiger partial charge in [-0.25, -0.2) is 4.79 Å². The number of fused-ring (bicyclic) bond motifs is 1. The van der Waals surface area contributed by atoms with Crippen molar-refractivity contribution in [1.82, 2.24) is 4.98 Å². The second kappa shape index (κ2) is 5.63. The molecule has 1 aromatic heterocycles. The number of benzene rings is 2. The van der Waals surface area contributed by atoms with Crippen LogP contribution in [0.2, 0.25) is 0 Å². The SMILES string of the molecule is O=Cc1cc2c(C(=O)OCc3ccccc3)cccc2[nH]1. The van der Waals surface area contributed by atoms with Gasteiger partial charge in [0.2, 0.25) is 0 Å². The zero-order chi connectivity index (χ0) is 14.7. The maximum atomic E-state index is 12.2. The summed E-state index contributed by atoms with van der Waals surface area (Å²) in [6.07, 6.45) is 0.721. The van der Waals surface area contributed by atoms with Gasteiger partial charge in [-0.15, -0.1) is 0 Å². The van der Waals surface area contributed by atoms with Crippen LogP contribution in [0.4, 0.5) is 0 Å². The van der Waals surface area contributed by atoms with Gasteiger partial charge in [0.1, 0.15) is 6.61 Å². The molecular weight excluding hydrogens is 266 g/mol. The minimum atomic E-state index is -0.402. The van der Waals surface area contributed by atoms with Crippen molar-refractivity contribution < 1.29 is 14.3 Å². The zero-order valence-corrected chi connectivity index (χ0v) is 11.2. The largest absolute Gasteiger partial charge is 0.457 e. The third-order valence-electron chi connectivity index (χ3n) is 3.24. The van der Waals surface area contributed by atoms with Gasteiger partial charge in [-0.2, -0.15) is 0 Å². The molecule has 0 spiro atoms. The smallest absolute Gasteiger partial charge is 0.339 e. The van der Waals surface area contributed by atoms with Crippen LogP contribution in [0, 0.1) is 0 Å². The van der Waals surface area contributed by atoms with E-state index in [9.17, 15) is 9.59 Å². The predicted octanol–water partition coefficient (Wildman–Crippen LogP) is 3.34. The molecule has 1 N–H and O–H groups in total. The first kappa shape index (κ1) is 13.1. The predicted molar refractivity (Wildman–Crippen MR) is 79.2 cm³/mol. The molecule has 4 heteroatoms. The number of carbonyl (C=O) groups is 2. The van der Waals surface area contributed by atoms with Crippen LogP contribution in [0.1, 0.15) is 26.4 Å². The van der Waals surface area contributed by atoms with Crippen LogP contribution >= 0.6 is 0 Å². The van der Waals surface area contributed by atoms with Gasteiger partial charge in [-0.05, 0) is 23.8 Å². The Bertz CT molecular complexity index is 790. The van der Waals surface area contributed by atoms with Crippen molar-refractivity contribution in [1.29, 1.82) is 0 Å². The van der Waals surface area contributed by atoms with Gasteiger partial charge in [-0.3, -0.25) is 4.79 Å². The lowest BCUT2D eigenvalue weighted by Gasteiger charge is -2.05. The molecule has 3 aromatic rings. The summed E-state index contributed by atoms with van der Waals surface area (Å²) in [6.45, 7) is 0.223. The molecule has 104 valence electrons. The minimum absolute atomic E-state index is 0.223. The highest BCUT2D eigenvalue weighted by Gasteiger charge is 2.13. The van der Waals surface area contributed by atoms with Crippen molar-refractivity contribution in [2.45, 2.75) is 6.61 Å². The molecule has 1 heterocycles. The van der Waals surface area contributed by atoms with Crippen LogP contribution in [-0.2, 0) is 11.3 Å². The Morgan fingerprint density at radius 3 is 2.67 bits per heavy atom. The number of rotatable bonds is 4. The van der Waals surface area contributed by atoms with E-state index in [0.29, 0.717) is 16.6 Å². The van der Waals surface area contributed by atoms with Gasteiger partial charge in [-0.1, -0.05) is 36.4 Å². The van der Waals surface area contributed by atoms with Crippen LogP contribution in [0.5, 0.6) is 0 Å². The van der Waals surface area contributed by atoms with E-state index in [4.69, 9.17) is 4.74 Å². The van der Waals surface area contributed by atoms with E-state index in [2.05, 4.69) is 4.98 Å². The molecule has 4 nitrogen and oxygen atoms in total. The third kappa shape index (κ3) is 2.69. The number of esters is 1. The number of carbonyl (C=O) groups excluding carboxylic acids is 2. The van der Waals surface area contributed by atoms with E-state index in [1.54, 1.807) is 18.2 Å². The van der Waals surface area contributed by atoms with Crippen LogP contribution in [0.3, 0.4) is 0 Å². The Morgan fingerprint density at radius 1 is 1.10 bits per heavy atom. The van der Waals surface area contributed by atoms with E-state index in [1.165, 1.54) is 0 Å². The summed E-state index contributed by atoms with van der Waals surface area (Å²) in [5.74, 6) is -0.402. The molecule has 3 rings (SSSR count). The molecule has 0 saturated heterocycles. The molecule has 0 atom stereocenters. The lowest BCUT2D eigenvalue weighted by molar-refractivity contribution is 0.0475. The highest BCUT2D eigenvalue weighted by Crippen LogP contribution is 2.20. The van der Waals surface area contributed by atoms with E-state index in [0.717, 1.165) is 17.4 Å². The molecule has 0 bridgehead atoms. The average Bonchev–Trinajstić information content (AvgIpc) is 2.96. The van der Waals surface area contributed by atoms with Gasteiger partial charge in [0.25, 0.3) is 0 Å².